The summed E-state index contributed by atoms with van der Waals surface area (Å²) in [5, 5.41) is 0. The van der Waals surface area contributed by atoms with Crippen LogP contribution in [-0.4, -0.2) is 73.7 Å². The zero-order valence-electron chi connectivity index (χ0n) is 14.9. The van der Waals surface area contributed by atoms with Crippen LogP contribution >= 0.6 is 12.4 Å². The zero-order valence-corrected chi connectivity index (χ0v) is 15.7. The number of amides is 2. The Morgan fingerprint density at radius 1 is 1.12 bits per heavy atom. The Morgan fingerprint density at radius 3 is 2.27 bits per heavy atom. The molecule has 2 N–H and O–H groups in total. The number of methoxy groups -OCH3 is 1. The average molecular weight is 384 g/mol. The number of nitrogens with two attached hydrogens (primary N) is 1. The highest BCUT2D eigenvalue weighted by molar-refractivity contribution is 5.94. The molecular formula is C18H26ClN3O4. The maximum absolute atomic E-state index is 12.6. The molecule has 3 rings (SSSR count). The van der Waals surface area contributed by atoms with Crippen molar-refractivity contribution in [3.8, 4) is 5.75 Å². The van der Waals surface area contributed by atoms with E-state index in [1.807, 2.05) is 0 Å². The first kappa shape index (κ1) is 20.5. The Morgan fingerprint density at radius 2 is 1.73 bits per heavy atom. The molecule has 2 saturated heterocycles. The quantitative estimate of drug-likeness (QED) is 0.835. The molecule has 2 amide bonds. The summed E-state index contributed by atoms with van der Waals surface area (Å²) >= 11 is 0. The van der Waals surface area contributed by atoms with E-state index in [1.165, 1.54) is 0 Å². The van der Waals surface area contributed by atoms with E-state index in [9.17, 15) is 9.59 Å². The van der Waals surface area contributed by atoms with Crippen LogP contribution in [0.1, 0.15) is 23.2 Å². The highest BCUT2D eigenvalue weighted by atomic mass is 35.5. The summed E-state index contributed by atoms with van der Waals surface area (Å²) in [7, 11) is 1.59. The largest absolute Gasteiger partial charge is 0.497 e. The molecule has 144 valence electrons. The third kappa shape index (κ3) is 4.47. The fourth-order valence-corrected chi connectivity index (χ4v) is 3.31. The first-order valence-corrected chi connectivity index (χ1v) is 8.70. The van der Waals surface area contributed by atoms with Gasteiger partial charge in [0.2, 0.25) is 0 Å². The van der Waals surface area contributed by atoms with Crippen molar-refractivity contribution in [2.24, 2.45) is 5.73 Å². The molecule has 1 aromatic carbocycles. The van der Waals surface area contributed by atoms with E-state index in [0.717, 1.165) is 18.6 Å². The molecular weight excluding hydrogens is 358 g/mol. The summed E-state index contributed by atoms with van der Waals surface area (Å²) in [6.07, 6.45) is 1.18. The van der Waals surface area contributed by atoms with Gasteiger partial charge in [-0.25, -0.2) is 0 Å². The Hall–Kier alpha value is -1.83. The number of piperazine rings is 1. The Labute approximate surface area is 159 Å². The predicted octanol–water partition coefficient (Wildman–Crippen LogP) is 0.908. The first-order valence-electron chi connectivity index (χ1n) is 8.70. The third-order valence-electron chi connectivity index (χ3n) is 4.86. The smallest absolute Gasteiger partial charge is 0.253 e. The lowest BCUT2D eigenvalue weighted by atomic mass is 10.1. The molecule has 8 heteroatoms. The maximum atomic E-state index is 12.6. The molecule has 0 radical (unpaired) electrons. The minimum absolute atomic E-state index is 0. The topological polar surface area (TPSA) is 85.1 Å². The Kier molecular flexibility index (Phi) is 7.25. The lowest BCUT2D eigenvalue weighted by Crippen LogP contribution is -2.53. The summed E-state index contributed by atoms with van der Waals surface area (Å²) in [6, 6.07) is 7.08. The number of hydrogen-bond donors (Lipinski definition) is 1. The fraction of sp³-hybridized carbons (Fsp3) is 0.556. The van der Waals surface area contributed by atoms with E-state index < -0.39 is 0 Å². The number of carbonyl (C=O) groups is 2. The van der Waals surface area contributed by atoms with Crippen LogP contribution in [0, 0.1) is 0 Å². The number of hydrogen-bond acceptors (Lipinski definition) is 5. The SMILES string of the molecule is COc1ccc(C(=O)N2CCN(C(=O)[C@@H]3CC[C@H](CN)O3)CC2)cc1.Cl. The van der Waals surface area contributed by atoms with Gasteiger partial charge in [-0.3, -0.25) is 9.59 Å². The van der Waals surface area contributed by atoms with Crippen molar-refractivity contribution >= 4 is 24.2 Å². The minimum atomic E-state index is -0.377. The molecule has 0 saturated carbocycles. The van der Waals surface area contributed by atoms with Gasteiger partial charge in [0.25, 0.3) is 11.8 Å². The standard InChI is InChI=1S/C18H25N3O4.ClH/c1-24-14-4-2-13(3-5-14)17(22)20-8-10-21(11-9-20)18(23)16-7-6-15(12-19)25-16;/h2-5,15-16H,6-12,19H2,1H3;1H/t15-,16+;/m1./s1. The van der Waals surface area contributed by atoms with Crippen LogP contribution in [0.15, 0.2) is 24.3 Å². The van der Waals surface area contributed by atoms with Crippen LogP contribution in [0.4, 0.5) is 0 Å². The second-order valence-corrected chi connectivity index (χ2v) is 6.41. The second-order valence-electron chi connectivity index (χ2n) is 6.41. The van der Waals surface area contributed by atoms with Gasteiger partial charge in [-0.05, 0) is 37.1 Å². The number of rotatable bonds is 4. The lowest BCUT2D eigenvalue weighted by molar-refractivity contribution is -0.144. The van der Waals surface area contributed by atoms with Gasteiger partial charge in [-0.15, -0.1) is 12.4 Å². The van der Waals surface area contributed by atoms with Gasteiger partial charge >= 0.3 is 0 Å². The second kappa shape index (κ2) is 9.21. The first-order chi connectivity index (χ1) is 12.1. The van der Waals surface area contributed by atoms with E-state index >= 15 is 0 Å². The van der Waals surface area contributed by atoms with Crippen molar-refractivity contribution in [2.45, 2.75) is 25.0 Å². The molecule has 2 heterocycles. The highest BCUT2D eigenvalue weighted by Crippen LogP contribution is 2.21. The fourth-order valence-electron chi connectivity index (χ4n) is 3.31. The number of ether oxygens (including phenoxy) is 2. The van der Waals surface area contributed by atoms with Gasteiger partial charge < -0.3 is 25.0 Å². The molecule has 2 aliphatic rings. The number of carbonyl (C=O) groups excluding carboxylic acids is 2. The van der Waals surface area contributed by atoms with Crippen molar-refractivity contribution < 1.29 is 19.1 Å². The summed E-state index contributed by atoms with van der Waals surface area (Å²) in [5.74, 6) is 0.724. The Bertz CT molecular complexity index is 617. The number of halogens is 1. The van der Waals surface area contributed by atoms with Crippen molar-refractivity contribution in [1.82, 2.24) is 9.80 Å². The summed E-state index contributed by atoms with van der Waals surface area (Å²) < 4.78 is 10.8. The van der Waals surface area contributed by atoms with Crippen molar-refractivity contribution in [3.63, 3.8) is 0 Å². The lowest BCUT2D eigenvalue weighted by Gasteiger charge is -2.35. The van der Waals surface area contributed by atoms with Crippen LogP contribution in [0.5, 0.6) is 5.75 Å². The molecule has 7 nitrogen and oxygen atoms in total. The molecule has 0 aliphatic carbocycles. The van der Waals surface area contributed by atoms with Gasteiger partial charge in [-0.2, -0.15) is 0 Å². The van der Waals surface area contributed by atoms with Gasteiger partial charge in [0.15, 0.2) is 0 Å². The van der Waals surface area contributed by atoms with Crippen LogP contribution in [0.2, 0.25) is 0 Å². The Balaban J connectivity index is 0.00000243. The molecule has 0 aromatic heterocycles. The van der Waals surface area contributed by atoms with Gasteiger partial charge in [-0.1, -0.05) is 0 Å². The molecule has 26 heavy (non-hydrogen) atoms. The van der Waals surface area contributed by atoms with Crippen LogP contribution in [0.25, 0.3) is 0 Å². The van der Waals surface area contributed by atoms with Gasteiger partial charge in [0.05, 0.1) is 13.2 Å². The highest BCUT2D eigenvalue weighted by Gasteiger charge is 2.34. The molecule has 0 unspecified atom stereocenters. The predicted molar refractivity (Wildman–Crippen MR) is 99.7 cm³/mol. The normalized spacial score (nSPS) is 22.7. The van der Waals surface area contributed by atoms with Crippen LogP contribution in [0.3, 0.4) is 0 Å². The maximum Gasteiger partial charge on any atom is 0.253 e. The average Bonchev–Trinajstić information content (AvgIpc) is 3.16. The van der Waals surface area contributed by atoms with E-state index in [4.69, 9.17) is 15.2 Å². The monoisotopic (exact) mass is 383 g/mol. The van der Waals surface area contributed by atoms with E-state index in [-0.39, 0.29) is 36.4 Å². The van der Waals surface area contributed by atoms with Crippen molar-refractivity contribution in [2.75, 3.05) is 39.8 Å². The number of benzene rings is 1. The number of nitrogens with zero attached hydrogens (tertiary/aromatic N) is 2. The molecule has 2 aliphatic heterocycles. The van der Waals surface area contributed by atoms with Crippen molar-refractivity contribution in [3.05, 3.63) is 29.8 Å². The molecule has 2 fully saturated rings. The van der Waals surface area contributed by atoms with E-state index in [0.29, 0.717) is 38.3 Å². The van der Waals surface area contributed by atoms with E-state index in [2.05, 4.69) is 0 Å². The van der Waals surface area contributed by atoms with Crippen LogP contribution in [-0.2, 0) is 9.53 Å². The zero-order chi connectivity index (χ0) is 17.8. The molecule has 2 atom stereocenters. The minimum Gasteiger partial charge on any atom is -0.497 e. The van der Waals surface area contributed by atoms with E-state index in [1.54, 1.807) is 41.2 Å². The summed E-state index contributed by atoms with van der Waals surface area (Å²) in [5.41, 5.74) is 6.23. The molecule has 1 aromatic rings. The van der Waals surface area contributed by atoms with Crippen molar-refractivity contribution in [1.29, 1.82) is 0 Å². The third-order valence-corrected chi connectivity index (χ3v) is 4.86. The molecule has 0 bridgehead atoms. The summed E-state index contributed by atoms with van der Waals surface area (Å²) in [6.45, 7) is 2.59. The van der Waals surface area contributed by atoms with Crippen LogP contribution < -0.4 is 10.5 Å². The summed E-state index contributed by atoms with van der Waals surface area (Å²) in [4.78, 5) is 28.7. The van der Waals surface area contributed by atoms with Gasteiger partial charge in [0, 0.05) is 38.3 Å². The molecule has 0 spiro atoms. The van der Waals surface area contributed by atoms with Gasteiger partial charge in [0.1, 0.15) is 11.9 Å².